The highest BCUT2D eigenvalue weighted by atomic mass is 16.5. The van der Waals surface area contributed by atoms with Crippen LogP contribution in [0, 0.1) is 6.92 Å². The quantitative estimate of drug-likeness (QED) is 0.631. The third kappa shape index (κ3) is 2.19. The Hall–Kier alpha value is -2.28. The second-order valence-electron chi connectivity index (χ2n) is 4.76. The van der Waals surface area contributed by atoms with Crippen LogP contribution in [-0.4, -0.2) is 7.11 Å². The van der Waals surface area contributed by atoms with Crippen LogP contribution in [0.3, 0.4) is 0 Å². The van der Waals surface area contributed by atoms with Crippen LogP contribution in [0.15, 0.2) is 60.7 Å². The largest absolute Gasteiger partial charge is 0.497 e. The van der Waals surface area contributed by atoms with Gasteiger partial charge in [0.25, 0.3) is 0 Å². The van der Waals surface area contributed by atoms with Crippen molar-refractivity contribution in [1.82, 2.24) is 0 Å². The topological polar surface area (TPSA) is 9.23 Å². The van der Waals surface area contributed by atoms with Crippen molar-refractivity contribution in [2.45, 2.75) is 6.92 Å². The minimum Gasteiger partial charge on any atom is -0.497 e. The molecule has 0 saturated heterocycles. The first kappa shape index (κ1) is 11.8. The summed E-state index contributed by atoms with van der Waals surface area (Å²) in [5.41, 5.74) is 3.77. The van der Waals surface area contributed by atoms with E-state index in [4.69, 9.17) is 4.74 Å². The molecule has 19 heavy (non-hydrogen) atoms. The number of benzene rings is 3. The summed E-state index contributed by atoms with van der Waals surface area (Å²) in [5.74, 6) is 0.895. The Morgan fingerprint density at radius 1 is 0.842 bits per heavy atom. The Morgan fingerprint density at radius 2 is 1.63 bits per heavy atom. The van der Waals surface area contributed by atoms with E-state index in [9.17, 15) is 0 Å². The maximum atomic E-state index is 5.33. The Kier molecular flexibility index (Phi) is 2.96. The Balaban J connectivity index is 2.25. The lowest BCUT2D eigenvalue weighted by molar-refractivity contribution is 0.415. The highest BCUT2D eigenvalue weighted by molar-refractivity contribution is 5.97. The van der Waals surface area contributed by atoms with Crippen LogP contribution in [0.5, 0.6) is 5.75 Å². The third-order valence-electron chi connectivity index (χ3n) is 3.45. The molecule has 0 fully saturated rings. The highest BCUT2D eigenvalue weighted by Crippen LogP contribution is 2.31. The zero-order valence-corrected chi connectivity index (χ0v) is 11.2. The van der Waals surface area contributed by atoms with Crippen molar-refractivity contribution in [1.29, 1.82) is 0 Å². The van der Waals surface area contributed by atoms with E-state index in [-0.39, 0.29) is 0 Å². The molecule has 3 aromatic carbocycles. The van der Waals surface area contributed by atoms with Crippen molar-refractivity contribution in [2.75, 3.05) is 7.11 Å². The fraction of sp³-hybridized carbons (Fsp3) is 0.111. The van der Waals surface area contributed by atoms with Crippen molar-refractivity contribution >= 4 is 10.8 Å². The molecule has 94 valence electrons. The lowest BCUT2D eigenvalue weighted by Gasteiger charge is -2.09. The molecule has 0 heterocycles. The lowest BCUT2D eigenvalue weighted by atomic mass is 9.97. The first-order valence-corrected chi connectivity index (χ1v) is 6.42. The van der Waals surface area contributed by atoms with Gasteiger partial charge in [0.15, 0.2) is 0 Å². The molecule has 0 aromatic heterocycles. The molecule has 0 unspecified atom stereocenters. The number of hydrogen-bond acceptors (Lipinski definition) is 1. The van der Waals surface area contributed by atoms with Gasteiger partial charge in [0.2, 0.25) is 0 Å². The van der Waals surface area contributed by atoms with Crippen LogP contribution in [-0.2, 0) is 0 Å². The summed E-state index contributed by atoms with van der Waals surface area (Å²) in [5, 5.41) is 2.46. The molecule has 1 heteroatoms. The predicted molar refractivity (Wildman–Crippen MR) is 80.7 cm³/mol. The average Bonchev–Trinajstić information content (AvgIpc) is 2.47. The van der Waals surface area contributed by atoms with Crippen molar-refractivity contribution in [3.8, 4) is 16.9 Å². The smallest absolute Gasteiger partial charge is 0.119 e. The van der Waals surface area contributed by atoms with E-state index in [1.807, 2.05) is 6.07 Å². The average molecular weight is 248 g/mol. The normalized spacial score (nSPS) is 10.6. The molecule has 0 amide bonds. The van der Waals surface area contributed by atoms with E-state index in [2.05, 4.69) is 61.5 Å². The van der Waals surface area contributed by atoms with Crippen molar-refractivity contribution < 1.29 is 4.74 Å². The van der Waals surface area contributed by atoms with Gasteiger partial charge < -0.3 is 4.74 Å². The summed E-state index contributed by atoms with van der Waals surface area (Å²) in [6, 6.07) is 21.2. The summed E-state index contributed by atoms with van der Waals surface area (Å²) in [4.78, 5) is 0. The highest BCUT2D eigenvalue weighted by Gasteiger charge is 2.04. The Morgan fingerprint density at radius 3 is 2.37 bits per heavy atom. The van der Waals surface area contributed by atoms with Gasteiger partial charge in [-0.3, -0.25) is 0 Å². The van der Waals surface area contributed by atoms with Crippen molar-refractivity contribution in [3.05, 3.63) is 66.2 Å². The molecule has 3 aromatic rings. The van der Waals surface area contributed by atoms with Gasteiger partial charge >= 0.3 is 0 Å². The zero-order valence-electron chi connectivity index (χ0n) is 11.2. The fourth-order valence-electron chi connectivity index (χ4n) is 2.36. The molecule has 0 atom stereocenters. The summed E-state index contributed by atoms with van der Waals surface area (Å²) >= 11 is 0. The summed E-state index contributed by atoms with van der Waals surface area (Å²) in [7, 11) is 1.70. The minimum atomic E-state index is 0.895. The van der Waals surface area contributed by atoms with E-state index < -0.39 is 0 Å². The molecule has 0 saturated carbocycles. The lowest BCUT2D eigenvalue weighted by Crippen LogP contribution is -1.85. The van der Waals surface area contributed by atoms with Crippen LogP contribution < -0.4 is 4.74 Å². The van der Waals surface area contributed by atoms with Gasteiger partial charge in [-0.15, -0.1) is 0 Å². The monoisotopic (exact) mass is 248 g/mol. The molecule has 0 radical (unpaired) electrons. The maximum Gasteiger partial charge on any atom is 0.119 e. The van der Waals surface area contributed by atoms with Crippen LogP contribution in [0.4, 0.5) is 0 Å². The van der Waals surface area contributed by atoms with E-state index in [1.54, 1.807) is 7.11 Å². The Labute approximate surface area is 113 Å². The van der Waals surface area contributed by atoms with Crippen LogP contribution in [0.1, 0.15) is 5.56 Å². The number of hydrogen-bond donors (Lipinski definition) is 0. The Bertz CT molecular complexity index is 711. The van der Waals surface area contributed by atoms with Gasteiger partial charge in [-0.05, 0) is 41.0 Å². The first-order chi connectivity index (χ1) is 9.28. The van der Waals surface area contributed by atoms with E-state index >= 15 is 0 Å². The number of methoxy groups -OCH3 is 1. The number of aryl methyl sites for hydroxylation is 1. The predicted octanol–water partition coefficient (Wildman–Crippen LogP) is 4.82. The molecule has 1 nitrogen and oxygen atoms in total. The molecular weight excluding hydrogens is 232 g/mol. The van der Waals surface area contributed by atoms with Gasteiger partial charge in [0.05, 0.1) is 7.11 Å². The van der Waals surface area contributed by atoms with Crippen LogP contribution >= 0.6 is 0 Å². The van der Waals surface area contributed by atoms with Crippen molar-refractivity contribution in [3.63, 3.8) is 0 Å². The van der Waals surface area contributed by atoms with E-state index in [0.29, 0.717) is 0 Å². The first-order valence-electron chi connectivity index (χ1n) is 6.42. The van der Waals surface area contributed by atoms with Gasteiger partial charge in [-0.2, -0.15) is 0 Å². The van der Waals surface area contributed by atoms with Gasteiger partial charge in [-0.25, -0.2) is 0 Å². The van der Waals surface area contributed by atoms with Gasteiger partial charge in [0, 0.05) is 0 Å². The number of ether oxygens (including phenoxy) is 1. The molecule has 0 bridgehead atoms. The SMILES string of the molecule is COc1ccc2cccc(-c3ccc(C)cc3)c2c1. The second-order valence-corrected chi connectivity index (χ2v) is 4.76. The second kappa shape index (κ2) is 4.77. The molecule has 0 aliphatic heterocycles. The number of fused-ring (bicyclic) bond motifs is 1. The van der Waals surface area contributed by atoms with E-state index in [1.165, 1.54) is 27.5 Å². The standard InChI is InChI=1S/C18H16O/c1-13-6-8-15(9-7-13)17-5-3-4-14-10-11-16(19-2)12-18(14)17/h3-12H,1-2H3. The van der Waals surface area contributed by atoms with Crippen molar-refractivity contribution in [2.24, 2.45) is 0 Å². The molecule has 0 N–H and O–H groups in total. The molecule has 0 aliphatic carbocycles. The summed E-state index contributed by atoms with van der Waals surface area (Å²) < 4.78 is 5.33. The van der Waals surface area contributed by atoms with Crippen LogP contribution in [0.25, 0.3) is 21.9 Å². The van der Waals surface area contributed by atoms with Crippen LogP contribution in [0.2, 0.25) is 0 Å². The molecule has 0 aliphatic rings. The minimum absolute atomic E-state index is 0.895. The zero-order chi connectivity index (χ0) is 13.2. The molecular formula is C18H16O. The van der Waals surface area contributed by atoms with Gasteiger partial charge in [0.1, 0.15) is 5.75 Å². The summed E-state index contributed by atoms with van der Waals surface area (Å²) in [6.07, 6.45) is 0. The molecule has 0 spiro atoms. The fourth-order valence-corrected chi connectivity index (χ4v) is 2.36. The van der Waals surface area contributed by atoms with E-state index in [0.717, 1.165) is 5.75 Å². The number of rotatable bonds is 2. The molecule has 3 rings (SSSR count). The third-order valence-corrected chi connectivity index (χ3v) is 3.45. The van der Waals surface area contributed by atoms with Gasteiger partial charge in [-0.1, -0.05) is 54.1 Å². The summed E-state index contributed by atoms with van der Waals surface area (Å²) in [6.45, 7) is 2.11. The maximum absolute atomic E-state index is 5.33.